The van der Waals surface area contributed by atoms with Gasteiger partial charge in [-0.05, 0) is 43.5 Å². The van der Waals surface area contributed by atoms with Crippen LogP contribution < -0.4 is 5.32 Å². The van der Waals surface area contributed by atoms with Gasteiger partial charge in [-0.1, -0.05) is 12.1 Å². The highest BCUT2D eigenvalue weighted by Gasteiger charge is 2.31. The first kappa shape index (κ1) is 20.0. The van der Waals surface area contributed by atoms with Crippen molar-refractivity contribution in [1.29, 1.82) is 0 Å². The second-order valence-corrected chi connectivity index (χ2v) is 6.90. The van der Waals surface area contributed by atoms with E-state index >= 15 is 0 Å². The fraction of sp³-hybridized carbons (Fsp3) is 0.400. The molecule has 1 aliphatic heterocycles. The van der Waals surface area contributed by atoms with Crippen LogP contribution >= 0.6 is 0 Å². The fourth-order valence-corrected chi connectivity index (χ4v) is 3.34. The summed E-state index contributed by atoms with van der Waals surface area (Å²) in [7, 11) is 0. The summed E-state index contributed by atoms with van der Waals surface area (Å²) in [6.07, 6.45) is -1.66. The summed E-state index contributed by atoms with van der Waals surface area (Å²) in [6, 6.07) is 6.48. The maximum absolute atomic E-state index is 12.8. The number of benzene rings is 1. The van der Waals surface area contributed by atoms with Crippen molar-refractivity contribution < 1.29 is 27.2 Å². The third kappa shape index (κ3) is 4.55. The molecule has 3 rings (SSSR count). The quantitative estimate of drug-likeness (QED) is 0.859. The predicted molar refractivity (Wildman–Crippen MR) is 95.4 cm³/mol. The molecule has 1 aromatic carbocycles. The first-order valence-electron chi connectivity index (χ1n) is 9.03. The summed E-state index contributed by atoms with van der Waals surface area (Å²) in [6.45, 7) is 2.54. The van der Waals surface area contributed by atoms with Crippen LogP contribution in [0.3, 0.4) is 0 Å². The number of likely N-dealkylation sites (tertiary alicyclic amines) is 1. The first-order chi connectivity index (χ1) is 13.3. The molecule has 150 valence electrons. The monoisotopic (exact) mass is 394 g/mol. The van der Waals surface area contributed by atoms with Crippen LogP contribution in [0.25, 0.3) is 0 Å². The second-order valence-electron chi connectivity index (χ2n) is 6.90. The van der Waals surface area contributed by atoms with Gasteiger partial charge in [0.25, 0.3) is 5.91 Å². The number of carbonyl (C=O) groups is 2. The molecule has 1 aromatic heterocycles. The van der Waals surface area contributed by atoms with Crippen LogP contribution in [0.5, 0.6) is 0 Å². The molecule has 0 saturated carbocycles. The van der Waals surface area contributed by atoms with Gasteiger partial charge in [-0.3, -0.25) is 9.59 Å². The van der Waals surface area contributed by atoms with Gasteiger partial charge in [0.05, 0.1) is 23.3 Å². The largest absolute Gasteiger partial charge is 0.469 e. The maximum Gasteiger partial charge on any atom is 0.416 e. The lowest BCUT2D eigenvalue weighted by Crippen LogP contribution is -2.45. The Bertz CT molecular complexity index is 860. The minimum Gasteiger partial charge on any atom is -0.469 e. The zero-order chi connectivity index (χ0) is 20.3. The van der Waals surface area contributed by atoms with E-state index in [1.54, 1.807) is 17.9 Å². The Labute approximate surface area is 160 Å². The summed E-state index contributed by atoms with van der Waals surface area (Å²) in [5.41, 5.74) is 0.107. The molecule has 8 heteroatoms. The van der Waals surface area contributed by atoms with Gasteiger partial charge in [0.15, 0.2) is 0 Å². The van der Waals surface area contributed by atoms with Crippen molar-refractivity contribution in [3.63, 3.8) is 0 Å². The highest BCUT2D eigenvalue weighted by Crippen LogP contribution is 2.29. The lowest BCUT2D eigenvalue weighted by atomic mass is 9.96. The van der Waals surface area contributed by atoms with E-state index in [4.69, 9.17) is 4.42 Å². The van der Waals surface area contributed by atoms with Crippen molar-refractivity contribution in [2.24, 2.45) is 5.92 Å². The Kier molecular flexibility index (Phi) is 5.76. The molecule has 2 amide bonds. The molecule has 2 aromatic rings. The van der Waals surface area contributed by atoms with Gasteiger partial charge in [0.1, 0.15) is 5.76 Å². The van der Waals surface area contributed by atoms with Crippen LogP contribution in [0.15, 0.2) is 41.0 Å². The Balaban J connectivity index is 1.59. The van der Waals surface area contributed by atoms with E-state index in [1.807, 2.05) is 0 Å². The topological polar surface area (TPSA) is 62.6 Å². The zero-order valence-corrected chi connectivity index (χ0v) is 15.4. The molecule has 1 N–H and O–H groups in total. The van der Waals surface area contributed by atoms with E-state index in [9.17, 15) is 22.8 Å². The van der Waals surface area contributed by atoms with Crippen molar-refractivity contribution >= 4 is 11.8 Å². The van der Waals surface area contributed by atoms with Gasteiger partial charge in [0.2, 0.25) is 5.91 Å². The lowest BCUT2D eigenvalue weighted by Gasteiger charge is -2.32. The van der Waals surface area contributed by atoms with Gasteiger partial charge in [-0.2, -0.15) is 13.2 Å². The lowest BCUT2D eigenvalue weighted by molar-refractivity contribution is -0.137. The molecule has 1 unspecified atom stereocenters. The average molecular weight is 394 g/mol. The van der Waals surface area contributed by atoms with Crippen LogP contribution in [-0.2, 0) is 17.5 Å². The second kappa shape index (κ2) is 8.08. The molecule has 1 saturated heterocycles. The van der Waals surface area contributed by atoms with Crippen molar-refractivity contribution in [3.8, 4) is 0 Å². The SMILES string of the molecule is Cc1occc1C(=O)N1CCCC(C(=O)NCc2cccc(C(F)(F)F)c2)C1. The molecular weight excluding hydrogens is 373 g/mol. The number of amides is 2. The van der Waals surface area contributed by atoms with Gasteiger partial charge in [-0.25, -0.2) is 0 Å². The smallest absolute Gasteiger partial charge is 0.416 e. The molecule has 0 spiro atoms. The summed E-state index contributed by atoms with van der Waals surface area (Å²) >= 11 is 0. The number of halogens is 3. The molecule has 1 aliphatic rings. The van der Waals surface area contributed by atoms with Crippen molar-refractivity contribution in [2.45, 2.75) is 32.5 Å². The van der Waals surface area contributed by atoms with E-state index in [0.717, 1.165) is 12.1 Å². The van der Waals surface area contributed by atoms with E-state index in [1.165, 1.54) is 18.4 Å². The predicted octanol–water partition coefficient (Wildman–Crippen LogP) is 3.78. The van der Waals surface area contributed by atoms with Crippen molar-refractivity contribution in [3.05, 3.63) is 59.0 Å². The highest BCUT2D eigenvalue weighted by molar-refractivity contribution is 5.95. The third-order valence-corrected chi connectivity index (χ3v) is 4.89. The molecular formula is C20H21F3N2O3. The Morgan fingerprint density at radius 2 is 2.07 bits per heavy atom. The number of nitrogens with one attached hydrogen (secondary N) is 1. The molecule has 0 bridgehead atoms. The van der Waals surface area contributed by atoms with E-state index < -0.39 is 17.7 Å². The number of nitrogens with zero attached hydrogens (tertiary/aromatic N) is 1. The van der Waals surface area contributed by atoms with E-state index in [2.05, 4.69) is 5.32 Å². The average Bonchev–Trinajstić information content (AvgIpc) is 3.11. The van der Waals surface area contributed by atoms with E-state index in [-0.39, 0.29) is 24.9 Å². The number of piperidine rings is 1. The first-order valence-corrected chi connectivity index (χ1v) is 9.03. The number of hydrogen-bond acceptors (Lipinski definition) is 3. The molecule has 1 atom stereocenters. The Morgan fingerprint density at radius 1 is 1.29 bits per heavy atom. The molecule has 2 heterocycles. The van der Waals surface area contributed by atoms with Crippen LogP contribution in [0.1, 0.15) is 40.1 Å². The van der Waals surface area contributed by atoms with Gasteiger partial charge in [-0.15, -0.1) is 0 Å². The molecule has 0 radical (unpaired) electrons. The van der Waals surface area contributed by atoms with Crippen LogP contribution in [0.2, 0.25) is 0 Å². The zero-order valence-electron chi connectivity index (χ0n) is 15.4. The summed E-state index contributed by atoms with van der Waals surface area (Å²) in [5.74, 6) is -0.308. The normalized spacial score (nSPS) is 17.4. The number of carbonyl (C=O) groups excluding carboxylic acids is 2. The maximum atomic E-state index is 12.8. The van der Waals surface area contributed by atoms with Crippen molar-refractivity contribution in [1.82, 2.24) is 10.2 Å². The Hall–Kier alpha value is -2.77. The molecule has 5 nitrogen and oxygen atoms in total. The number of furan rings is 1. The number of rotatable bonds is 4. The van der Waals surface area contributed by atoms with E-state index in [0.29, 0.717) is 36.3 Å². The number of hydrogen-bond donors (Lipinski definition) is 1. The summed E-state index contributed by atoms with van der Waals surface area (Å²) in [5, 5.41) is 2.69. The summed E-state index contributed by atoms with van der Waals surface area (Å²) in [4.78, 5) is 26.7. The molecule has 1 fully saturated rings. The summed E-state index contributed by atoms with van der Waals surface area (Å²) < 4.78 is 43.5. The van der Waals surface area contributed by atoms with Crippen LogP contribution in [0, 0.1) is 12.8 Å². The fourth-order valence-electron chi connectivity index (χ4n) is 3.34. The minimum absolute atomic E-state index is 0.00797. The number of aryl methyl sites for hydroxylation is 1. The highest BCUT2D eigenvalue weighted by atomic mass is 19.4. The van der Waals surface area contributed by atoms with Gasteiger partial charge >= 0.3 is 6.18 Å². The van der Waals surface area contributed by atoms with Gasteiger partial charge < -0.3 is 14.6 Å². The third-order valence-electron chi connectivity index (χ3n) is 4.89. The van der Waals surface area contributed by atoms with Gasteiger partial charge in [0, 0.05) is 19.6 Å². The number of alkyl halides is 3. The van der Waals surface area contributed by atoms with Crippen LogP contribution in [0.4, 0.5) is 13.2 Å². The minimum atomic E-state index is -4.42. The van der Waals surface area contributed by atoms with Crippen molar-refractivity contribution in [2.75, 3.05) is 13.1 Å². The Morgan fingerprint density at radius 3 is 2.75 bits per heavy atom. The standard InChI is InChI=1S/C20H21F3N2O3/c1-13-17(7-9-28-13)19(27)25-8-3-5-15(12-25)18(26)24-11-14-4-2-6-16(10-14)20(21,22)23/h2,4,6-7,9-10,15H,3,5,8,11-12H2,1H3,(H,24,26). The molecule has 28 heavy (non-hydrogen) atoms. The molecule has 0 aliphatic carbocycles. The van der Waals surface area contributed by atoms with Crippen LogP contribution in [-0.4, -0.2) is 29.8 Å².